The van der Waals surface area contributed by atoms with Crippen molar-refractivity contribution in [2.24, 2.45) is 5.92 Å². The molecule has 1 amide bonds. The second-order valence-electron chi connectivity index (χ2n) is 7.86. The molecule has 0 spiro atoms. The summed E-state index contributed by atoms with van der Waals surface area (Å²) in [5, 5.41) is 4.07. The van der Waals surface area contributed by atoms with Gasteiger partial charge in [-0.3, -0.25) is 14.6 Å². The Morgan fingerprint density at radius 1 is 1.19 bits per heavy atom. The smallest absolute Gasteiger partial charge is 0.225 e. The van der Waals surface area contributed by atoms with E-state index in [0.717, 1.165) is 76.2 Å². The lowest BCUT2D eigenvalue weighted by atomic mass is 9.94. The zero-order valence-electron chi connectivity index (χ0n) is 15.7. The molecule has 26 heavy (non-hydrogen) atoms. The summed E-state index contributed by atoms with van der Waals surface area (Å²) >= 11 is 2.08. The number of carbonyl (C=O) groups is 1. The van der Waals surface area contributed by atoms with Gasteiger partial charge in [0.05, 0.1) is 5.69 Å². The van der Waals surface area contributed by atoms with E-state index in [2.05, 4.69) is 31.6 Å². The molecule has 1 atom stereocenters. The number of piperidine rings is 1. The number of aryl methyl sites for hydroxylation is 1. The molecule has 144 valence electrons. The fourth-order valence-electron chi connectivity index (χ4n) is 4.43. The normalized spacial score (nSPS) is 26.5. The number of amides is 1. The second-order valence-corrected chi connectivity index (χ2v) is 9.01. The highest BCUT2D eigenvalue weighted by Gasteiger charge is 2.33. The van der Waals surface area contributed by atoms with Crippen LogP contribution in [0.3, 0.4) is 0 Å². The maximum atomic E-state index is 12.9. The molecule has 0 bridgehead atoms. The van der Waals surface area contributed by atoms with Crippen molar-refractivity contribution in [3.05, 3.63) is 17.5 Å². The molecule has 1 aromatic rings. The monoisotopic (exact) mass is 378 g/mol. The van der Waals surface area contributed by atoms with E-state index in [1.807, 2.05) is 13.0 Å². The summed E-state index contributed by atoms with van der Waals surface area (Å²) < 4.78 is 5.14. The van der Waals surface area contributed by atoms with E-state index < -0.39 is 0 Å². The maximum absolute atomic E-state index is 12.9. The molecule has 4 rings (SSSR count). The third-order valence-electron chi connectivity index (χ3n) is 6.05. The molecule has 0 aromatic carbocycles. The van der Waals surface area contributed by atoms with Gasteiger partial charge in [-0.15, -0.1) is 0 Å². The van der Waals surface area contributed by atoms with Gasteiger partial charge in [0, 0.05) is 56.5 Å². The molecule has 0 aliphatic carbocycles. The Morgan fingerprint density at radius 2 is 1.96 bits per heavy atom. The van der Waals surface area contributed by atoms with Gasteiger partial charge in [0.1, 0.15) is 5.76 Å². The molecule has 3 fully saturated rings. The van der Waals surface area contributed by atoms with Crippen molar-refractivity contribution in [3.8, 4) is 0 Å². The summed E-state index contributed by atoms with van der Waals surface area (Å²) in [6, 6.07) is 2.76. The first kappa shape index (κ1) is 18.3. The number of rotatable bonds is 4. The van der Waals surface area contributed by atoms with Gasteiger partial charge in [-0.25, -0.2) is 0 Å². The average Bonchev–Trinajstić information content (AvgIpc) is 3.34. The van der Waals surface area contributed by atoms with Gasteiger partial charge in [0.15, 0.2) is 0 Å². The Hall–Kier alpha value is -1.05. The minimum atomic E-state index is 0.241. The third kappa shape index (κ3) is 4.26. The van der Waals surface area contributed by atoms with E-state index in [-0.39, 0.29) is 5.92 Å². The van der Waals surface area contributed by atoms with Crippen LogP contribution in [0.5, 0.6) is 0 Å². The van der Waals surface area contributed by atoms with Gasteiger partial charge in [0.2, 0.25) is 5.91 Å². The lowest BCUT2D eigenvalue weighted by Crippen LogP contribution is -2.52. The van der Waals surface area contributed by atoms with Crippen LogP contribution < -0.4 is 0 Å². The highest BCUT2D eigenvalue weighted by atomic mass is 32.2. The quantitative estimate of drug-likeness (QED) is 0.797. The molecule has 0 N–H and O–H groups in total. The second kappa shape index (κ2) is 8.31. The molecule has 6 nitrogen and oxygen atoms in total. The summed E-state index contributed by atoms with van der Waals surface area (Å²) in [5.74, 6) is 4.08. The molecular formula is C19H30N4O2S. The molecule has 0 saturated carbocycles. The van der Waals surface area contributed by atoms with E-state index in [0.29, 0.717) is 5.91 Å². The minimum Gasteiger partial charge on any atom is -0.361 e. The zero-order valence-corrected chi connectivity index (χ0v) is 16.5. The first-order valence-electron chi connectivity index (χ1n) is 9.94. The van der Waals surface area contributed by atoms with Gasteiger partial charge in [-0.1, -0.05) is 5.16 Å². The summed E-state index contributed by atoms with van der Waals surface area (Å²) in [6.07, 6.45) is 3.41. The number of carbonyl (C=O) groups excluding carboxylic acids is 1. The van der Waals surface area contributed by atoms with E-state index in [4.69, 9.17) is 4.52 Å². The van der Waals surface area contributed by atoms with Gasteiger partial charge in [0.25, 0.3) is 0 Å². The Kier molecular flexibility index (Phi) is 5.86. The molecule has 3 aliphatic heterocycles. The van der Waals surface area contributed by atoms with Crippen molar-refractivity contribution in [2.75, 3.05) is 50.8 Å². The number of nitrogens with zero attached hydrogens (tertiary/aromatic N) is 4. The number of aromatic nitrogens is 1. The van der Waals surface area contributed by atoms with Crippen molar-refractivity contribution in [1.82, 2.24) is 19.9 Å². The number of likely N-dealkylation sites (tertiary alicyclic amines) is 1. The fourth-order valence-corrected chi connectivity index (χ4v) is 5.68. The molecule has 0 unspecified atom stereocenters. The Bertz CT molecular complexity index is 600. The zero-order chi connectivity index (χ0) is 17.9. The van der Waals surface area contributed by atoms with Crippen molar-refractivity contribution < 1.29 is 9.32 Å². The van der Waals surface area contributed by atoms with Gasteiger partial charge in [-0.2, -0.15) is 11.8 Å². The van der Waals surface area contributed by atoms with Crippen LogP contribution in [0.25, 0.3) is 0 Å². The van der Waals surface area contributed by atoms with Crippen LogP contribution in [-0.4, -0.2) is 82.6 Å². The van der Waals surface area contributed by atoms with Gasteiger partial charge in [-0.05, 0) is 45.0 Å². The minimum absolute atomic E-state index is 0.241. The predicted octanol–water partition coefficient (Wildman–Crippen LogP) is 1.84. The van der Waals surface area contributed by atoms with E-state index >= 15 is 0 Å². The summed E-state index contributed by atoms with van der Waals surface area (Å²) in [6.45, 7) is 8.48. The Morgan fingerprint density at radius 3 is 2.58 bits per heavy atom. The maximum Gasteiger partial charge on any atom is 0.225 e. The Balaban J connectivity index is 1.21. The highest BCUT2D eigenvalue weighted by molar-refractivity contribution is 7.99. The summed E-state index contributed by atoms with van der Waals surface area (Å²) in [7, 11) is 0. The van der Waals surface area contributed by atoms with Crippen molar-refractivity contribution >= 4 is 17.7 Å². The first-order valence-corrected chi connectivity index (χ1v) is 11.1. The molecule has 1 aromatic heterocycles. The van der Waals surface area contributed by atoms with E-state index in [1.165, 1.54) is 17.9 Å². The van der Waals surface area contributed by atoms with Gasteiger partial charge >= 0.3 is 0 Å². The summed E-state index contributed by atoms with van der Waals surface area (Å²) in [4.78, 5) is 20.0. The lowest BCUT2D eigenvalue weighted by Gasteiger charge is -2.39. The largest absolute Gasteiger partial charge is 0.361 e. The predicted molar refractivity (Wildman–Crippen MR) is 103 cm³/mol. The molecule has 0 radical (unpaired) electrons. The van der Waals surface area contributed by atoms with Crippen molar-refractivity contribution in [2.45, 2.75) is 38.8 Å². The molecule has 3 aliphatic rings. The molecular weight excluding hydrogens is 348 g/mol. The standard InChI is InChI=1S/C19H30N4O2S/c1-15-12-17(20-25-15)13-21-7-9-23(10-8-21)19(24)16-2-5-22(6-3-16)18-4-11-26-14-18/h12,16,18H,2-11,13-14H2,1H3/t18-/m0/s1. The van der Waals surface area contributed by atoms with E-state index in [1.54, 1.807) is 0 Å². The summed E-state index contributed by atoms with van der Waals surface area (Å²) in [5.41, 5.74) is 0.986. The first-order chi connectivity index (χ1) is 12.7. The topological polar surface area (TPSA) is 52.8 Å². The van der Waals surface area contributed by atoms with Crippen LogP contribution in [0.1, 0.15) is 30.7 Å². The van der Waals surface area contributed by atoms with Gasteiger partial charge < -0.3 is 9.42 Å². The van der Waals surface area contributed by atoms with Crippen LogP contribution in [0, 0.1) is 12.8 Å². The van der Waals surface area contributed by atoms with E-state index in [9.17, 15) is 4.79 Å². The van der Waals surface area contributed by atoms with Crippen LogP contribution >= 0.6 is 11.8 Å². The van der Waals surface area contributed by atoms with Crippen LogP contribution in [0.4, 0.5) is 0 Å². The third-order valence-corrected chi connectivity index (χ3v) is 7.19. The van der Waals surface area contributed by atoms with Crippen LogP contribution in [-0.2, 0) is 11.3 Å². The van der Waals surface area contributed by atoms with Crippen LogP contribution in [0.2, 0.25) is 0 Å². The number of hydrogen-bond acceptors (Lipinski definition) is 6. The average molecular weight is 379 g/mol. The SMILES string of the molecule is Cc1cc(CN2CCN(C(=O)C3CCN([C@H]4CCSC4)CC3)CC2)no1. The van der Waals surface area contributed by atoms with Crippen molar-refractivity contribution in [3.63, 3.8) is 0 Å². The lowest BCUT2D eigenvalue weighted by molar-refractivity contribution is -0.139. The number of thioether (sulfide) groups is 1. The molecule has 7 heteroatoms. The van der Waals surface area contributed by atoms with Crippen LogP contribution in [0.15, 0.2) is 10.6 Å². The number of hydrogen-bond donors (Lipinski definition) is 0. The molecule has 4 heterocycles. The molecule has 3 saturated heterocycles. The Labute approximate surface area is 160 Å². The highest BCUT2D eigenvalue weighted by Crippen LogP contribution is 2.28. The fraction of sp³-hybridized carbons (Fsp3) is 0.789. The number of piperazine rings is 1. The van der Waals surface area contributed by atoms with Crippen molar-refractivity contribution in [1.29, 1.82) is 0 Å².